The molecule has 5 heteroatoms. The zero-order chi connectivity index (χ0) is 14.1. The Morgan fingerprint density at radius 1 is 1.50 bits per heavy atom. The maximum Gasteiger partial charge on any atom is 0.325 e. The fraction of sp³-hybridized carbons (Fsp3) is 0.400. The van der Waals surface area contributed by atoms with E-state index in [9.17, 15) is 4.79 Å². The Labute approximate surface area is 122 Å². The number of hydrogen-bond donors (Lipinski definition) is 1. The van der Waals surface area contributed by atoms with Crippen molar-refractivity contribution < 1.29 is 9.53 Å². The monoisotopic (exact) mass is 292 g/mol. The highest BCUT2D eigenvalue weighted by atomic mass is 35.5. The molecule has 1 aliphatic carbocycles. The molecule has 1 aromatic carbocycles. The van der Waals surface area contributed by atoms with Crippen LogP contribution in [0, 0.1) is 0 Å². The number of aromatic nitrogens is 1. The molecule has 0 bridgehead atoms. The average molecular weight is 293 g/mol. The first kappa shape index (κ1) is 13.5. The molecule has 0 saturated heterocycles. The summed E-state index contributed by atoms with van der Waals surface area (Å²) in [6.07, 6.45) is 4.52. The number of nitrogens with one attached hydrogen (secondary N) is 1. The second-order valence-electron chi connectivity index (χ2n) is 5.18. The molecule has 3 rings (SSSR count). The van der Waals surface area contributed by atoms with E-state index in [0.29, 0.717) is 11.1 Å². The highest BCUT2D eigenvalue weighted by Crippen LogP contribution is 2.26. The van der Waals surface area contributed by atoms with Crippen LogP contribution in [0.25, 0.3) is 10.9 Å². The van der Waals surface area contributed by atoms with Gasteiger partial charge in [-0.3, -0.25) is 4.79 Å². The number of benzene rings is 1. The number of rotatable bonds is 5. The maximum atomic E-state index is 11.5. The second kappa shape index (κ2) is 5.46. The minimum absolute atomic E-state index is 0.205. The van der Waals surface area contributed by atoms with E-state index in [-0.39, 0.29) is 12.5 Å². The zero-order valence-electron chi connectivity index (χ0n) is 11.4. The van der Waals surface area contributed by atoms with Crippen molar-refractivity contribution in [2.75, 3.05) is 7.11 Å². The zero-order valence-corrected chi connectivity index (χ0v) is 12.1. The first-order valence-corrected chi connectivity index (χ1v) is 7.12. The number of halogens is 1. The molecule has 0 atom stereocenters. The molecule has 106 valence electrons. The van der Waals surface area contributed by atoms with Gasteiger partial charge in [0.2, 0.25) is 0 Å². The second-order valence-corrected chi connectivity index (χ2v) is 5.61. The summed E-state index contributed by atoms with van der Waals surface area (Å²) in [6, 6.07) is 6.43. The third-order valence-corrected chi connectivity index (χ3v) is 3.85. The van der Waals surface area contributed by atoms with Gasteiger partial charge in [-0.15, -0.1) is 0 Å². The number of methoxy groups -OCH3 is 1. The van der Waals surface area contributed by atoms with Gasteiger partial charge in [0.15, 0.2) is 0 Å². The van der Waals surface area contributed by atoms with Crippen LogP contribution in [0.5, 0.6) is 0 Å². The normalized spacial score (nSPS) is 14.7. The van der Waals surface area contributed by atoms with Crippen LogP contribution in [0.4, 0.5) is 0 Å². The first-order valence-electron chi connectivity index (χ1n) is 6.75. The molecule has 1 saturated carbocycles. The third kappa shape index (κ3) is 2.81. The van der Waals surface area contributed by atoms with E-state index in [1.807, 2.05) is 29.0 Å². The summed E-state index contributed by atoms with van der Waals surface area (Å²) in [4.78, 5) is 11.5. The Morgan fingerprint density at radius 3 is 3.00 bits per heavy atom. The fourth-order valence-corrected chi connectivity index (χ4v) is 2.52. The molecule has 4 nitrogen and oxygen atoms in total. The molecule has 0 radical (unpaired) electrons. The molecule has 1 fully saturated rings. The molecule has 1 heterocycles. The van der Waals surface area contributed by atoms with Crippen LogP contribution in [0.15, 0.2) is 24.4 Å². The minimum Gasteiger partial charge on any atom is -0.468 e. The molecule has 2 aromatic rings. The quantitative estimate of drug-likeness (QED) is 0.862. The maximum absolute atomic E-state index is 11.5. The Kier molecular flexibility index (Phi) is 3.68. The third-order valence-electron chi connectivity index (χ3n) is 3.61. The summed E-state index contributed by atoms with van der Waals surface area (Å²) in [7, 11) is 1.40. The summed E-state index contributed by atoms with van der Waals surface area (Å²) in [5.74, 6) is -0.261. The molecule has 20 heavy (non-hydrogen) atoms. The largest absolute Gasteiger partial charge is 0.468 e. The van der Waals surface area contributed by atoms with Crippen molar-refractivity contribution in [1.82, 2.24) is 9.88 Å². The number of esters is 1. The number of carbonyl (C=O) groups is 1. The molecule has 0 amide bonds. The molecule has 0 unspecified atom stereocenters. The lowest BCUT2D eigenvalue weighted by Gasteiger charge is -2.03. The summed E-state index contributed by atoms with van der Waals surface area (Å²) in [5.41, 5.74) is 2.16. The smallest absolute Gasteiger partial charge is 0.325 e. The minimum atomic E-state index is -0.261. The summed E-state index contributed by atoms with van der Waals surface area (Å²) in [6.45, 7) is 1.02. The van der Waals surface area contributed by atoms with Gasteiger partial charge in [0.05, 0.1) is 12.6 Å². The number of fused-ring (bicyclic) bond motifs is 1. The molecular weight excluding hydrogens is 276 g/mol. The van der Waals surface area contributed by atoms with Crippen molar-refractivity contribution in [3.05, 3.63) is 35.0 Å². The topological polar surface area (TPSA) is 43.3 Å². The van der Waals surface area contributed by atoms with Crippen LogP contribution in [-0.2, 0) is 22.6 Å². The van der Waals surface area contributed by atoms with E-state index >= 15 is 0 Å². The van der Waals surface area contributed by atoms with Gasteiger partial charge in [0.25, 0.3) is 0 Å². The van der Waals surface area contributed by atoms with E-state index in [1.165, 1.54) is 25.5 Å². The van der Waals surface area contributed by atoms with Crippen LogP contribution < -0.4 is 5.32 Å². The van der Waals surface area contributed by atoms with Crippen molar-refractivity contribution in [1.29, 1.82) is 0 Å². The van der Waals surface area contributed by atoms with E-state index in [4.69, 9.17) is 16.3 Å². The van der Waals surface area contributed by atoms with Crippen molar-refractivity contribution in [2.45, 2.75) is 32.0 Å². The molecule has 1 aliphatic rings. The van der Waals surface area contributed by atoms with Crippen molar-refractivity contribution in [3.63, 3.8) is 0 Å². The van der Waals surface area contributed by atoms with Gasteiger partial charge in [-0.1, -0.05) is 17.7 Å². The van der Waals surface area contributed by atoms with Gasteiger partial charge in [-0.25, -0.2) is 0 Å². The molecule has 1 N–H and O–H groups in total. The lowest BCUT2D eigenvalue weighted by Crippen LogP contribution is -2.15. The van der Waals surface area contributed by atoms with Gasteiger partial charge in [-0.05, 0) is 30.5 Å². The number of nitrogens with zero attached hydrogens (tertiary/aromatic N) is 1. The van der Waals surface area contributed by atoms with Crippen molar-refractivity contribution in [3.8, 4) is 0 Å². The fourth-order valence-electron chi connectivity index (χ4n) is 2.36. The van der Waals surface area contributed by atoms with Crippen LogP contribution in [-0.4, -0.2) is 23.7 Å². The molecule has 0 aliphatic heterocycles. The molecule has 0 spiro atoms. The SMILES string of the molecule is COC(=O)Cn1cc(CNC2CC2)c2ccc(Cl)cc21. The summed E-state index contributed by atoms with van der Waals surface area (Å²) in [5, 5.41) is 5.30. The molecule has 1 aromatic heterocycles. The Balaban J connectivity index is 1.94. The van der Waals surface area contributed by atoms with Gasteiger partial charge < -0.3 is 14.6 Å². The Morgan fingerprint density at radius 2 is 2.30 bits per heavy atom. The van der Waals surface area contributed by atoms with E-state index in [1.54, 1.807) is 0 Å². The van der Waals surface area contributed by atoms with E-state index in [2.05, 4.69) is 5.32 Å². The van der Waals surface area contributed by atoms with Crippen LogP contribution >= 0.6 is 11.6 Å². The van der Waals surface area contributed by atoms with Crippen molar-refractivity contribution in [2.24, 2.45) is 0 Å². The van der Waals surface area contributed by atoms with E-state index in [0.717, 1.165) is 17.4 Å². The Hall–Kier alpha value is -1.52. The number of ether oxygens (including phenoxy) is 1. The summed E-state index contributed by atoms with van der Waals surface area (Å²) >= 11 is 6.06. The van der Waals surface area contributed by atoms with Gasteiger partial charge >= 0.3 is 5.97 Å². The summed E-state index contributed by atoms with van der Waals surface area (Å²) < 4.78 is 6.64. The average Bonchev–Trinajstić information content (AvgIpc) is 3.21. The lowest BCUT2D eigenvalue weighted by atomic mass is 10.2. The number of hydrogen-bond acceptors (Lipinski definition) is 3. The van der Waals surface area contributed by atoms with Crippen LogP contribution in [0.3, 0.4) is 0 Å². The number of carbonyl (C=O) groups excluding carboxylic acids is 1. The van der Waals surface area contributed by atoms with Gasteiger partial charge in [0.1, 0.15) is 6.54 Å². The van der Waals surface area contributed by atoms with Gasteiger partial charge in [-0.2, -0.15) is 0 Å². The first-order chi connectivity index (χ1) is 9.67. The van der Waals surface area contributed by atoms with Gasteiger partial charge in [0, 0.05) is 29.2 Å². The van der Waals surface area contributed by atoms with Crippen LogP contribution in [0.2, 0.25) is 5.02 Å². The lowest BCUT2D eigenvalue weighted by molar-refractivity contribution is -0.141. The predicted molar refractivity (Wildman–Crippen MR) is 78.8 cm³/mol. The Bertz CT molecular complexity index is 647. The standard InChI is InChI=1S/C15H17ClN2O2/c1-20-15(19)9-18-8-10(7-17-12-3-4-12)13-5-2-11(16)6-14(13)18/h2,5-6,8,12,17H,3-4,7,9H2,1H3. The predicted octanol–water partition coefficient (Wildman–Crippen LogP) is 2.72. The van der Waals surface area contributed by atoms with Crippen molar-refractivity contribution >= 4 is 28.5 Å². The van der Waals surface area contributed by atoms with E-state index < -0.39 is 0 Å². The highest BCUT2D eigenvalue weighted by Gasteiger charge is 2.21. The highest BCUT2D eigenvalue weighted by molar-refractivity contribution is 6.31. The van der Waals surface area contributed by atoms with Crippen LogP contribution in [0.1, 0.15) is 18.4 Å². The molecular formula is C15H17ClN2O2.